The number of rotatable bonds is 9. The molecule has 2 aromatic carbocycles. The molecule has 1 saturated carbocycles. The molecule has 2 atom stereocenters. The van der Waals surface area contributed by atoms with Crippen LogP contribution in [0.5, 0.6) is 5.75 Å². The maximum atomic E-state index is 13.8. The van der Waals surface area contributed by atoms with E-state index >= 15 is 0 Å². The Labute approximate surface area is 201 Å². The first-order valence-corrected chi connectivity index (χ1v) is 13.2. The molecule has 0 aromatic heterocycles. The monoisotopic (exact) mass is 501 g/mol. The van der Waals surface area contributed by atoms with Crippen LogP contribution in [0.4, 0.5) is 4.39 Å². The molecule has 32 heavy (non-hydrogen) atoms. The summed E-state index contributed by atoms with van der Waals surface area (Å²) in [5.74, 6) is 1.28. The number of aryl methyl sites for hydroxylation is 1. The van der Waals surface area contributed by atoms with E-state index in [0.29, 0.717) is 36.1 Å². The third-order valence-corrected chi connectivity index (χ3v) is 8.32. The molecule has 4 nitrogen and oxygen atoms in total. The zero-order valence-electron chi connectivity index (χ0n) is 17.9. The minimum absolute atomic E-state index is 0. The van der Waals surface area contributed by atoms with Crippen LogP contribution in [0.2, 0.25) is 5.02 Å². The van der Waals surface area contributed by atoms with Crippen molar-refractivity contribution in [2.75, 3.05) is 18.1 Å². The van der Waals surface area contributed by atoms with Crippen LogP contribution >= 0.6 is 24.0 Å². The van der Waals surface area contributed by atoms with Crippen molar-refractivity contribution in [3.05, 3.63) is 63.9 Å². The number of hydrogen-bond donors (Lipinski definition) is 1. The zero-order valence-corrected chi connectivity index (χ0v) is 20.3. The van der Waals surface area contributed by atoms with E-state index in [0.717, 1.165) is 42.6 Å². The van der Waals surface area contributed by atoms with E-state index < -0.39 is 9.84 Å². The van der Waals surface area contributed by atoms with E-state index in [1.807, 2.05) is 12.1 Å². The van der Waals surface area contributed by atoms with E-state index in [1.54, 1.807) is 6.07 Å². The van der Waals surface area contributed by atoms with Gasteiger partial charge in [0.2, 0.25) is 0 Å². The van der Waals surface area contributed by atoms with Gasteiger partial charge < -0.3 is 10.5 Å². The summed E-state index contributed by atoms with van der Waals surface area (Å²) in [6, 6.07) is 10.6. The van der Waals surface area contributed by atoms with Gasteiger partial charge >= 0.3 is 0 Å². The Morgan fingerprint density at radius 3 is 2.62 bits per heavy atom. The Kier molecular flexibility index (Phi) is 8.48. The number of fused-ring (bicyclic) bond motifs is 1. The summed E-state index contributed by atoms with van der Waals surface area (Å²) < 4.78 is 43.8. The first-order valence-electron chi connectivity index (χ1n) is 11.0. The number of ether oxygens (including phenoxy) is 1. The molecule has 0 radical (unpaired) electrons. The molecule has 4 rings (SSSR count). The lowest BCUT2D eigenvalue weighted by atomic mass is 9.76. The van der Waals surface area contributed by atoms with Gasteiger partial charge in [0.15, 0.2) is 9.84 Å². The number of nitrogens with two attached hydrogens (primary N) is 1. The fourth-order valence-electron chi connectivity index (χ4n) is 4.43. The molecule has 0 heterocycles. The molecule has 2 aromatic rings. The van der Waals surface area contributed by atoms with Gasteiger partial charge in [-0.15, -0.1) is 12.4 Å². The molecule has 2 aliphatic carbocycles. The molecule has 8 heteroatoms. The number of halogens is 3. The zero-order chi connectivity index (χ0) is 22.0. The average Bonchev–Trinajstić information content (AvgIpc) is 3.50. The molecule has 1 fully saturated rings. The van der Waals surface area contributed by atoms with Gasteiger partial charge in [-0.3, -0.25) is 0 Å². The predicted octanol–water partition coefficient (Wildman–Crippen LogP) is 5.09. The van der Waals surface area contributed by atoms with Crippen LogP contribution in [0.25, 0.3) is 0 Å². The molecular formula is C24H30Cl2FNO3S. The Balaban J connectivity index is 0.00000289. The van der Waals surface area contributed by atoms with Gasteiger partial charge in [-0.05, 0) is 91.5 Å². The second-order valence-electron chi connectivity index (χ2n) is 8.91. The third kappa shape index (κ3) is 6.83. The fourth-order valence-corrected chi connectivity index (χ4v) is 6.45. The Hall–Kier alpha value is -1.34. The van der Waals surface area contributed by atoms with Crippen molar-refractivity contribution in [3.63, 3.8) is 0 Å². The van der Waals surface area contributed by atoms with Crippen molar-refractivity contribution in [3.8, 4) is 5.75 Å². The van der Waals surface area contributed by atoms with Crippen molar-refractivity contribution in [2.24, 2.45) is 11.7 Å². The highest BCUT2D eigenvalue weighted by atomic mass is 35.5. The van der Waals surface area contributed by atoms with Crippen LogP contribution in [0.1, 0.15) is 48.3 Å². The van der Waals surface area contributed by atoms with E-state index in [2.05, 4.69) is 6.07 Å². The molecule has 0 amide bonds. The molecular weight excluding hydrogens is 472 g/mol. The standard InChI is InChI=1S/C24H29ClFNO3S.ClH/c25-19-10-17(11-20(26)13-19)12-23-22-14-21(6-4-18(22)5-7-24(23)27)30-8-1-9-31(28,29)15-16-2-3-16;/h4,6,10-11,13-14,16,23-24H,1-3,5,7-9,12,15,27H2;1H. The van der Waals surface area contributed by atoms with Crippen molar-refractivity contribution >= 4 is 33.8 Å². The molecule has 0 saturated heterocycles. The van der Waals surface area contributed by atoms with Crippen LogP contribution in [0, 0.1) is 11.7 Å². The molecule has 2 aliphatic rings. The van der Waals surface area contributed by atoms with E-state index in [-0.39, 0.29) is 35.9 Å². The number of sulfone groups is 1. The lowest BCUT2D eigenvalue weighted by molar-refractivity contribution is 0.316. The first kappa shape index (κ1) is 25.3. The highest BCUT2D eigenvalue weighted by Crippen LogP contribution is 2.36. The maximum Gasteiger partial charge on any atom is 0.150 e. The molecule has 2 N–H and O–H groups in total. The molecule has 0 aliphatic heterocycles. The topological polar surface area (TPSA) is 69.4 Å². The van der Waals surface area contributed by atoms with E-state index in [4.69, 9.17) is 22.1 Å². The van der Waals surface area contributed by atoms with Gasteiger partial charge in [-0.1, -0.05) is 17.7 Å². The quantitative estimate of drug-likeness (QED) is 0.485. The molecule has 176 valence electrons. The minimum Gasteiger partial charge on any atom is -0.494 e. The second-order valence-corrected chi connectivity index (χ2v) is 11.6. The van der Waals surface area contributed by atoms with Crippen LogP contribution < -0.4 is 10.5 Å². The van der Waals surface area contributed by atoms with Gasteiger partial charge in [-0.25, -0.2) is 12.8 Å². The SMILES string of the molecule is Cl.NC1CCc2ccc(OCCCS(=O)(=O)CC3CC3)cc2C1Cc1cc(F)cc(Cl)c1. The Bertz CT molecular complexity index is 1020. The Morgan fingerprint density at radius 1 is 1.12 bits per heavy atom. The van der Waals surface area contributed by atoms with E-state index in [9.17, 15) is 12.8 Å². The van der Waals surface area contributed by atoms with Gasteiger partial charge in [0.25, 0.3) is 0 Å². The normalized spacial score (nSPS) is 20.3. The molecule has 2 unspecified atom stereocenters. The van der Waals surface area contributed by atoms with Crippen molar-refractivity contribution < 1.29 is 17.5 Å². The molecule has 0 spiro atoms. The predicted molar refractivity (Wildman–Crippen MR) is 129 cm³/mol. The highest BCUT2D eigenvalue weighted by Gasteiger charge is 2.29. The van der Waals surface area contributed by atoms with Gasteiger partial charge in [0.1, 0.15) is 11.6 Å². The van der Waals surface area contributed by atoms with Crippen LogP contribution in [-0.2, 0) is 22.7 Å². The summed E-state index contributed by atoms with van der Waals surface area (Å²) in [4.78, 5) is 0. The third-order valence-electron chi connectivity index (χ3n) is 6.21. The Morgan fingerprint density at radius 2 is 1.91 bits per heavy atom. The van der Waals surface area contributed by atoms with E-state index in [1.165, 1.54) is 17.7 Å². The summed E-state index contributed by atoms with van der Waals surface area (Å²) in [5, 5.41) is 0.383. The average molecular weight is 502 g/mol. The number of benzene rings is 2. The largest absolute Gasteiger partial charge is 0.494 e. The smallest absolute Gasteiger partial charge is 0.150 e. The summed E-state index contributed by atoms with van der Waals surface area (Å²) in [5.41, 5.74) is 9.63. The van der Waals surface area contributed by atoms with Crippen molar-refractivity contribution in [1.82, 2.24) is 0 Å². The lowest BCUT2D eigenvalue weighted by Crippen LogP contribution is -2.34. The summed E-state index contributed by atoms with van der Waals surface area (Å²) in [6.45, 7) is 0.360. The lowest BCUT2D eigenvalue weighted by Gasteiger charge is -2.32. The van der Waals surface area contributed by atoms with Gasteiger partial charge in [0.05, 0.1) is 18.1 Å². The van der Waals surface area contributed by atoms with Crippen LogP contribution in [0.3, 0.4) is 0 Å². The minimum atomic E-state index is -2.98. The first-order chi connectivity index (χ1) is 14.8. The maximum absolute atomic E-state index is 13.8. The van der Waals surface area contributed by atoms with Gasteiger partial charge in [-0.2, -0.15) is 0 Å². The molecule has 0 bridgehead atoms. The van der Waals surface area contributed by atoms with Crippen molar-refractivity contribution in [1.29, 1.82) is 0 Å². The van der Waals surface area contributed by atoms with Crippen LogP contribution in [0.15, 0.2) is 36.4 Å². The van der Waals surface area contributed by atoms with Crippen molar-refractivity contribution in [2.45, 2.75) is 50.5 Å². The summed E-state index contributed by atoms with van der Waals surface area (Å²) >= 11 is 6.03. The van der Waals surface area contributed by atoms with Gasteiger partial charge in [0, 0.05) is 17.0 Å². The van der Waals surface area contributed by atoms with Crippen LogP contribution in [-0.4, -0.2) is 32.6 Å². The highest BCUT2D eigenvalue weighted by molar-refractivity contribution is 7.91. The second kappa shape index (κ2) is 10.7. The summed E-state index contributed by atoms with van der Waals surface area (Å²) in [6.07, 6.45) is 4.94. The number of hydrogen-bond acceptors (Lipinski definition) is 4. The fraction of sp³-hybridized carbons (Fsp3) is 0.500. The summed E-state index contributed by atoms with van der Waals surface area (Å²) in [7, 11) is -2.98.